The van der Waals surface area contributed by atoms with Crippen LogP contribution < -0.4 is 5.73 Å². The quantitative estimate of drug-likeness (QED) is 0.787. The third kappa shape index (κ3) is 2.01. The van der Waals surface area contributed by atoms with Crippen LogP contribution in [-0.2, 0) is 4.74 Å². The average Bonchev–Trinajstić information content (AvgIpc) is 2.83. The highest BCUT2D eigenvalue weighted by molar-refractivity contribution is 4.94. The molecule has 3 aliphatic rings. The van der Waals surface area contributed by atoms with Crippen molar-refractivity contribution in [2.75, 3.05) is 26.2 Å². The zero-order valence-corrected chi connectivity index (χ0v) is 10.2. The first-order valence-corrected chi connectivity index (χ1v) is 6.90. The molecule has 16 heavy (non-hydrogen) atoms. The van der Waals surface area contributed by atoms with Crippen molar-refractivity contribution in [1.82, 2.24) is 4.90 Å². The summed E-state index contributed by atoms with van der Waals surface area (Å²) in [6, 6.07) is 0. The minimum atomic E-state index is 0.308. The van der Waals surface area contributed by atoms with Gasteiger partial charge in [0, 0.05) is 19.6 Å². The Hall–Kier alpha value is -0.120. The SMILES string of the molecule is NCC1CN(CC2CCC3(CCCC3)O2)C1. The first-order valence-electron chi connectivity index (χ1n) is 6.90. The first-order chi connectivity index (χ1) is 7.80. The summed E-state index contributed by atoms with van der Waals surface area (Å²) in [5.74, 6) is 0.752. The van der Waals surface area contributed by atoms with Gasteiger partial charge in [0.15, 0.2) is 0 Å². The molecule has 92 valence electrons. The average molecular weight is 224 g/mol. The van der Waals surface area contributed by atoms with Crippen molar-refractivity contribution in [3.05, 3.63) is 0 Å². The lowest BCUT2D eigenvalue weighted by molar-refractivity contribution is -0.0588. The molecule has 3 heteroatoms. The number of ether oxygens (including phenoxy) is 1. The van der Waals surface area contributed by atoms with E-state index in [0.717, 1.165) is 19.0 Å². The Labute approximate surface area is 98.3 Å². The molecule has 1 atom stereocenters. The molecule has 2 heterocycles. The molecule has 1 unspecified atom stereocenters. The van der Waals surface area contributed by atoms with E-state index >= 15 is 0 Å². The number of hydrogen-bond donors (Lipinski definition) is 1. The molecule has 2 N–H and O–H groups in total. The maximum absolute atomic E-state index is 6.31. The number of rotatable bonds is 3. The van der Waals surface area contributed by atoms with E-state index in [0.29, 0.717) is 11.7 Å². The second kappa shape index (κ2) is 4.28. The van der Waals surface area contributed by atoms with Crippen molar-refractivity contribution in [1.29, 1.82) is 0 Å². The Morgan fingerprint density at radius 1 is 1.19 bits per heavy atom. The molecule has 0 aromatic carbocycles. The third-order valence-corrected chi connectivity index (χ3v) is 4.68. The maximum Gasteiger partial charge on any atom is 0.0710 e. The molecule has 0 bridgehead atoms. The molecule has 1 spiro atoms. The first kappa shape index (κ1) is 11.0. The van der Waals surface area contributed by atoms with E-state index in [1.54, 1.807) is 0 Å². The Morgan fingerprint density at radius 2 is 1.94 bits per heavy atom. The van der Waals surface area contributed by atoms with Crippen LogP contribution in [0.5, 0.6) is 0 Å². The van der Waals surface area contributed by atoms with Crippen molar-refractivity contribution in [2.24, 2.45) is 11.7 Å². The number of hydrogen-bond acceptors (Lipinski definition) is 3. The number of likely N-dealkylation sites (tertiary alicyclic amines) is 1. The fourth-order valence-electron chi connectivity index (χ4n) is 3.67. The summed E-state index contributed by atoms with van der Waals surface area (Å²) in [5.41, 5.74) is 5.95. The summed E-state index contributed by atoms with van der Waals surface area (Å²) < 4.78 is 6.31. The molecule has 0 amide bonds. The van der Waals surface area contributed by atoms with Gasteiger partial charge < -0.3 is 15.4 Å². The van der Waals surface area contributed by atoms with E-state index in [1.165, 1.54) is 51.6 Å². The topological polar surface area (TPSA) is 38.5 Å². The van der Waals surface area contributed by atoms with Crippen molar-refractivity contribution >= 4 is 0 Å². The molecule has 2 saturated heterocycles. The Balaban J connectivity index is 1.44. The monoisotopic (exact) mass is 224 g/mol. The van der Waals surface area contributed by atoms with Crippen LogP contribution in [0, 0.1) is 5.92 Å². The lowest BCUT2D eigenvalue weighted by Gasteiger charge is -2.40. The van der Waals surface area contributed by atoms with Crippen LogP contribution in [0.2, 0.25) is 0 Å². The van der Waals surface area contributed by atoms with Gasteiger partial charge >= 0.3 is 0 Å². The molecule has 0 aromatic rings. The minimum Gasteiger partial charge on any atom is -0.370 e. The van der Waals surface area contributed by atoms with Gasteiger partial charge in [0.1, 0.15) is 0 Å². The zero-order chi connectivity index (χ0) is 11.0. The molecular weight excluding hydrogens is 200 g/mol. The Kier molecular flexibility index (Phi) is 2.94. The number of nitrogens with two attached hydrogens (primary N) is 1. The minimum absolute atomic E-state index is 0.308. The van der Waals surface area contributed by atoms with Gasteiger partial charge in [-0.15, -0.1) is 0 Å². The molecule has 1 saturated carbocycles. The van der Waals surface area contributed by atoms with E-state index < -0.39 is 0 Å². The van der Waals surface area contributed by atoms with E-state index in [2.05, 4.69) is 4.90 Å². The normalized spacial score (nSPS) is 34.7. The van der Waals surface area contributed by atoms with Crippen molar-refractivity contribution in [2.45, 2.75) is 50.2 Å². The summed E-state index contributed by atoms with van der Waals surface area (Å²) in [6.45, 7) is 4.40. The van der Waals surface area contributed by atoms with Crippen molar-refractivity contribution < 1.29 is 4.74 Å². The zero-order valence-electron chi connectivity index (χ0n) is 10.2. The fraction of sp³-hybridized carbons (Fsp3) is 1.00. The lowest BCUT2D eigenvalue weighted by Crippen LogP contribution is -2.52. The van der Waals surface area contributed by atoms with Gasteiger partial charge in [-0.1, -0.05) is 12.8 Å². The summed E-state index contributed by atoms with van der Waals surface area (Å²) in [6.07, 6.45) is 8.49. The molecular formula is C13H24N2O. The predicted octanol–water partition coefficient (Wildman–Crippen LogP) is 1.37. The maximum atomic E-state index is 6.31. The standard InChI is InChI=1S/C13H24N2O/c14-7-11-8-15(9-11)10-12-3-6-13(16-12)4-1-2-5-13/h11-12H,1-10,14H2. The molecule has 3 rings (SSSR count). The van der Waals surface area contributed by atoms with Crippen LogP contribution in [-0.4, -0.2) is 42.8 Å². The summed E-state index contributed by atoms with van der Waals surface area (Å²) in [4.78, 5) is 2.51. The van der Waals surface area contributed by atoms with E-state index in [1.807, 2.05) is 0 Å². The molecule has 3 fully saturated rings. The van der Waals surface area contributed by atoms with Gasteiger partial charge in [0.25, 0.3) is 0 Å². The second-order valence-electron chi connectivity index (χ2n) is 5.99. The van der Waals surface area contributed by atoms with Crippen molar-refractivity contribution in [3.8, 4) is 0 Å². The highest BCUT2D eigenvalue weighted by atomic mass is 16.5. The van der Waals surface area contributed by atoms with Crippen LogP contribution in [0.25, 0.3) is 0 Å². The van der Waals surface area contributed by atoms with E-state index in [9.17, 15) is 0 Å². The largest absolute Gasteiger partial charge is 0.370 e. The molecule has 0 radical (unpaired) electrons. The van der Waals surface area contributed by atoms with Gasteiger partial charge in [-0.2, -0.15) is 0 Å². The van der Waals surface area contributed by atoms with Crippen LogP contribution in [0.4, 0.5) is 0 Å². The summed E-state index contributed by atoms with van der Waals surface area (Å²) >= 11 is 0. The molecule has 1 aliphatic carbocycles. The summed E-state index contributed by atoms with van der Waals surface area (Å²) in [7, 11) is 0. The van der Waals surface area contributed by atoms with E-state index in [-0.39, 0.29) is 0 Å². The third-order valence-electron chi connectivity index (χ3n) is 4.68. The second-order valence-corrected chi connectivity index (χ2v) is 5.99. The fourth-order valence-corrected chi connectivity index (χ4v) is 3.67. The van der Waals surface area contributed by atoms with Crippen LogP contribution >= 0.6 is 0 Å². The van der Waals surface area contributed by atoms with Crippen molar-refractivity contribution in [3.63, 3.8) is 0 Å². The van der Waals surface area contributed by atoms with Crippen LogP contribution in [0.1, 0.15) is 38.5 Å². The molecule has 3 nitrogen and oxygen atoms in total. The Morgan fingerprint density at radius 3 is 2.62 bits per heavy atom. The van der Waals surface area contributed by atoms with Gasteiger partial charge in [0.05, 0.1) is 11.7 Å². The van der Waals surface area contributed by atoms with Crippen LogP contribution in [0.3, 0.4) is 0 Å². The smallest absolute Gasteiger partial charge is 0.0710 e. The van der Waals surface area contributed by atoms with Gasteiger partial charge in [-0.3, -0.25) is 0 Å². The highest BCUT2D eigenvalue weighted by Crippen LogP contribution is 2.43. The Bertz CT molecular complexity index is 244. The summed E-state index contributed by atoms with van der Waals surface area (Å²) in [5, 5.41) is 0. The van der Waals surface area contributed by atoms with Crippen LogP contribution in [0.15, 0.2) is 0 Å². The molecule has 2 aliphatic heterocycles. The molecule has 0 aromatic heterocycles. The van der Waals surface area contributed by atoms with E-state index in [4.69, 9.17) is 10.5 Å². The van der Waals surface area contributed by atoms with Gasteiger partial charge in [0.2, 0.25) is 0 Å². The highest BCUT2D eigenvalue weighted by Gasteiger charge is 2.43. The predicted molar refractivity (Wildman–Crippen MR) is 64.3 cm³/mol. The number of nitrogens with zero attached hydrogens (tertiary/aromatic N) is 1. The van der Waals surface area contributed by atoms with Gasteiger partial charge in [-0.05, 0) is 38.1 Å². The lowest BCUT2D eigenvalue weighted by atomic mass is 9.97. The van der Waals surface area contributed by atoms with Gasteiger partial charge in [-0.25, -0.2) is 0 Å².